The Hall–Kier alpha value is 0.765. The van der Waals surface area contributed by atoms with E-state index in [1.165, 1.54) is 109 Å². The molecule has 4 aliphatic carbocycles. The molecule has 0 aromatic heterocycles. The van der Waals surface area contributed by atoms with Gasteiger partial charge in [-0.25, -0.2) is 0 Å². The van der Waals surface area contributed by atoms with Gasteiger partial charge in [0.25, 0.3) is 0 Å². The lowest BCUT2D eigenvalue weighted by molar-refractivity contribution is -0.115. The van der Waals surface area contributed by atoms with E-state index in [2.05, 4.69) is 13.8 Å². The fourth-order valence-corrected chi connectivity index (χ4v) is 10.5. The van der Waals surface area contributed by atoms with Gasteiger partial charge in [-0.05, 0) is 79.4 Å². The van der Waals surface area contributed by atoms with E-state index in [1.807, 2.05) is 0 Å². The van der Waals surface area contributed by atoms with Crippen LogP contribution in [0.5, 0.6) is 0 Å². The third-order valence-electron chi connectivity index (χ3n) is 11.2. The van der Waals surface area contributed by atoms with Gasteiger partial charge in [-0.15, -0.1) is 0 Å². The Bertz CT molecular complexity index is 568. The molecule has 2 radical (unpaired) electrons. The van der Waals surface area contributed by atoms with Gasteiger partial charge >= 0.3 is 0 Å². The van der Waals surface area contributed by atoms with E-state index in [-0.39, 0.29) is 0 Å². The van der Waals surface area contributed by atoms with Gasteiger partial charge in [-0.3, -0.25) is 0 Å². The zero-order valence-corrected chi connectivity index (χ0v) is 23.0. The Morgan fingerprint density at radius 3 is 1.91 bits per heavy atom. The van der Waals surface area contributed by atoms with Gasteiger partial charge in [0.2, 0.25) is 0 Å². The van der Waals surface area contributed by atoms with Gasteiger partial charge in [0, 0.05) is 10.5 Å². The molecule has 4 rings (SSSR count). The molecule has 4 fully saturated rings. The van der Waals surface area contributed by atoms with Crippen LogP contribution in [-0.4, -0.2) is 18.3 Å². The average molecular weight is 475 g/mol. The fraction of sp³-hybridized carbons (Fsp3) is 1.00. The summed E-state index contributed by atoms with van der Waals surface area (Å²) in [5.41, 5.74) is 0.419. The van der Waals surface area contributed by atoms with Crippen LogP contribution in [-0.2, 0) is 0 Å². The minimum absolute atomic E-state index is 0.417. The third-order valence-corrected chi connectivity index (χ3v) is 12.4. The zero-order chi connectivity index (χ0) is 22.7. The highest BCUT2D eigenvalue weighted by molar-refractivity contribution is 7.81. The second kappa shape index (κ2) is 11.7. The molecule has 0 aromatic carbocycles. The first-order chi connectivity index (χ1) is 15.5. The summed E-state index contributed by atoms with van der Waals surface area (Å²) < 4.78 is 0. The summed E-state index contributed by atoms with van der Waals surface area (Å²) in [6, 6.07) is 0. The second-order valence-corrected chi connectivity index (χ2v) is 13.9. The maximum atomic E-state index is 6.94. The summed E-state index contributed by atoms with van der Waals surface area (Å²) in [5, 5.41) is 1.21. The van der Waals surface area contributed by atoms with Crippen molar-refractivity contribution < 1.29 is 0 Å². The molecule has 0 aliphatic heterocycles. The molecule has 0 heterocycles. The van der Waals surface area contributed by atoms with Crippen molar-refractivity contribution in [2.24, 2.45) is 40.9 Å². The summed E-state index contributed by atoms with van der Waals surface area (Å²) in [6.07, 6.45) is 23.7. The molecule has 7 atom stereocenters. The minimum Gasteiger partial charge on any atom is -0.176 e. The SMILES string of the molecule is [B]C1CCCCC1C(C)C(C1CCC(S)CC1)(C(C)C1CCCCC1)C1CCCCC1S. The summed E-state index contributed by atoms with van der Waals surface area (Å²) >= 11 is 10.3. The van der Waals surface area contributed by atoms with Crippen LogP contribution in [0.4, 0.5) is 0 Å². The second-order valence-electron chi connectivity index (χ2n) is 12.6. The Morgan fingerprint density at radius 1 is 0.656 bits per heavy atom. The standard InChI is InChI=1S/C29H51BS2/c1-20(22-10-4-3-5-11-22)29(23-16-18-24(31)19-17-23,26-13-7-9-15-28(26)32)21(2)25-12-6-8-14-27(25)30/h20-28,31-32H,3-19H2,1-2H3. The van der Waals surface area contributed by atoms with E-state index in [1.54, 1.807) is 0 Å². The smallest absolute Gasteiger partial charge is 0.0703 e. The van der Waals surface area contributed by atoms with Crippen molar-refractivity contribution in [2.45, 2.75) is 139 Å². The lowest BCUT2D eigenvalue weighted by Gasteiger charge is -2.62. The van der Waals surface area contributed by atoms with Crippen molar-refractivity contribution in [2.75, 3.05) is 0 Å². The maximum Gasteiger partial charge on any atom is 0.0703 e. The molecule has 0 bridgehead atoms. The van der Waals surface area contributed by atoms with Crippen molar-refractivity contribution in [1.82, 2.24) is 0 Å². The number of hydrogen-bond donors (Lipinski definition) is 2. The largest absolute Gasteiger partial charge is 0.176 e. The van der Waals surface area contributed by atoms with Crippen LogP contribution in [0.15, 0.2) is 0 Å². The molecule has 0 spiro atoms. The van der Waals surface area contributed by atoms with Crippen LogP contribution < -0.4 is 0 Å². The Balaban J connectivity index is 1.77. The molecule has 182 valence electrons. The number of rotatable bonds is 6. The van der Waals surface area contributed by atoms with Gasteiger partial charge in [-0.2, -0.15) is 25.3 Å². The van der Waals surface area contributed by atoms with Gasteiger partial charge in [0.05, 0.1) is 7.85 Å². The van der Waals surface area contributed by atoms with Crippen LogP contribution in [0.2, 0.25) is 5.82 Å². The lowest BCUT2D eigenvalue weighted by atomic mass is 9.43. The molecule has 0 aromatic rings. The fourth-order valence-electron chi connectivity index (χ4n) is 9.63. The molecule has 0 amide bonds. The topological polar surface area (TPSA) is 0 Å². The van der Waals surface area contributed by atoms with E-state index in [0.29, 0.717) is 27.7 Å². The van der Waals surface area contributed by atoms with Crippen LogP contribution in [0, 0.1) is 40.9 Å². The first kappa shape index (κ1) is 25.8. The first-order valence-electron chi connectivity index (χ1n) is 14.6. The molecular weight excluding hydrogens is 423 g/mol. The summed E-state index contributed by atoms with van der Waals surface area (Å²) in [4.78, 5) is 0. The molecular formula is C29H51BS2. The van der Waals surface area contributed by atoms with Gasteiger partial charge in [0.1, 0.15) is 0 Å². The Morgan fingerprint density at radius 2 is 1.25 bits per heavy atom. The van der Waals surface area contributed by atoms with Crippen molar-refractivity contribution >= 4 is 33.1 Å². The quantitative estimate of drug-likeness (QED) is 0.279. The monoisotopic (exact) mass is 474 g/mol. The molecule has 0 nitrogen and oxygen atoms in total. The van der Waals surface area contributed by atoms with Crippen molar-refractivity contribution in [3.63, 3.8) is 0 Å². The maximum absolute atomic E-state index is 6.94. The number of thiol groups is 2. The van der Waals surface area contributed by atoms with E-state index < -0.39 is 0 Å². The van der Waals surface area contributed by atoms with Crippen molar-refractivity contribution in [3.8, 4) is 0 Å². The highest BCUT2D eigenvalue weighted by atomic mass is 32.1. The first-order valence-corrected chi connectivity index (χ1v) is 15.6. The highest BCUT2D eigenvalue weighted by Gasteiger charge is 2.57. The highest BCUT2D eigenvalue weighted by Crippen LogP contribution is 2.64. The average Bonchev–Trinajstić information content (AvgIpc) is 2.82. The van der Waals surface area contributed by atoms with E-state index in [4.69, 9.17) is 33.1 Å². The zero-order valence-electron chi connectivity index (χ0n) is 21.2. The molecule has 3 heteroatoms. The Labute approximate surface area is 212 Å². The molecule has 32 heavy (non-hydrogen) atoms. The summed E-state index contributed by atoms with van der Waals surface area (Å²) in [7, 11) is 6.94. The molecule has 0 saturated heterocycles. The minimum atomic E-state index is 0.417. The van der Waals surface area contributed by atoms with Gasteiger partial charge in [0.15, 0.2) is 0 Å². The van der Waals surface area contributed by atoms with Gasteiger partial charge in [-0.1, -0.05) is 90.3 Å². The lowest BCUT2D eigenvalue weighted by Crippen LogP contribution is -2.56. The predicted molar refractivity (Wildman–Crippen MR) is 148 cm³/mol. The van der Waals surface area contributed by atoms with Crippen LogP contribution in [0.3, 0.4) is 0 Å². The summed E-state index contributed by atoms with van der Waals surface area (Å²) in [6.45, 7) is 5.42. The number of hydrogen-bond acceptors (Lipinski definition) is 2. The van der Waals surface area contributed by atoms with Crippen molar-refractivity contribution in [3.05, 3.63) is 0 Å². The van der Waals surface area contributed by atoms with Crippen molar-refractivity contribution in [1.29, 1.82) is 0 Å². The Kier molecular flexibility index (Phi) is 9.42. The molecule has 4 saturated carbocycles. The van der Waals surface area contributed by atoms with E-state index in [9.17, 15) is 0 Å². The summed E-state index contributed by atoms with van der Waals surface area (Å²) in [5.74, 6) is 5.22. The van der Waals surface area contributed by atoms with Crippen LogP contribution in [0.1, 0.15) is 123 Å². The molecule has 7 unspecified atom stereocenters. The van der Waals surface area contributed by atoms with Gasteiger partial charge < -0.3 is 0 Å². The third kappa shape index (κ3) is 5.15. The van der Waals surface area contributed by atoms with E-state index >= 15 is 0 Å². The van der Waals surface area contributed by atoms with Crippen LogP contribution >= 0.6 is 25.3 Å². The van der Waals surface area contributed by atoms with Crippen LogP contribution in [0.25, 0.3) is 0 Å². The molecule has 4 aliphatic rings. The predicted octanol–water partition coefficient (Wildman–Crippen LogP) is 8.95. The van der Waals surface area contributed by atoms with E-state index in [0.717, 1.165) is 29.6 Å². The normalized spacial score (nSPS) is 41.5. The molecule has 0 N–H and O–H groups in total.